The molecule has 1 fully saturated rings. The first-order valence-electron chi connectivity index (χ1n) is 9.63. The van der Waals surface area contributed by atoms with Crippen LogP contribution in [0.1, 0.15) is 32.1 Å². The molecule has 1 saturated carbocycles. The third kappa shape index (κ3) is 4.08. The van der Waals surface area contributed by atoms with E-state index in [1.807, 2.05) is 12.1 Å². The van der Waals surface area contributed by atoms with Crippen LogP contribution >= 0.6 is 0 Å². The summed E-state index contributed by atoms with van der Waals surface area (Å²) >= 11 is 0. The molecule has 0 atom stereocenters. The first-order valence-corrected chi connectivity index (χ1v) is 9.63. The number of nitrogens with zero attached hydrogens (tertiary/aromatic N) is 5. The summed E-state index contributed by atoms with van der Waals surface area (Å²) in [7, 11) is 2.21. The summed E-state index contributed by atoms with van der Waals surface area (Å²) in [6, 6.07) is 10.7. The molecule has 0 aliphatic heterocycles. The van der Waals surface area contributed by atoms with E-state index < -0.39 is 0 Å². The molecule has 27 heavy (non-hydrogen) atoms. The molecule has 0 radical (unpaired) electrons. The van der Waals surface area contributed by atoms with Gasteiger partial charge in [0.2, 0.25) is 0 Å². The lowest BCUT2D eigenvalue weighted by Crippen LogP contribution is -2.36. The number of benzene rings is 1. The average molecular weight is 368 g/mol. The first kappa shape index (κ1) is 17.9. The van der Waals surface area contributed by atoms with Crippen molar-refractivity contribution in [2.24, 2.45) is 0 Å². The Balaban J connectivity index is 1.43. The molecule has 0 spiro atoms. The summed E-state index contributed by atoms with van der Waals surface area (Å²) in [5.41, 5.74) is 1.45. The van der Waals surface area contributed by atoms with Crippen molar-refractivity contribution in [2.75, 3.05) is 25.5 Å². The van der Waals surface area contributed by atoms with Crippen molar-refractivity contribution >= 4 is 11.5 Å². The van der Waals surface area contributed by atoms with E-state index in [1.54, 1.807) is 16.6 Å². The van der Waals surface area contributed by atoms with Crippen LogP contribution in [-0.2, 0) is 0 Å². The van der Waals surface area contributed by atoms with Crippen LogP contribution in [0.15, 0.2) is 36.4 Å². The number of likely N-dealkylation sites (N-methyl/N-ethyl adjacent to an activating group) is 1. The summed E-state index contributed by atoms with van der Waals surface area (Å²) in [6.45, 7) is 1.82. The molecule has 142 valence electrons. The highest BCUT2D eigenvalue weighted by Crippen LogP contribution is 2.21. The topological polar surface area (TPSA) is 58.3 Å². The lowest BCUT2D eigenvalue weighted by atomic mass is 9.94. The Kier molecular flexibility index (Phi) is 5.29. The molecular formula is C20H25FN6. The maximum atomic E-state index is 13.2. The highest BCUT2D eigenvalue weighted by molar-refractivity contribution is 5.59. The SMILES string of the molecule is CN(CCNc1ccc2nnc(-c3ccc(F)cc3)n2n1)C1CCCCC1. The molecule has 3 aromatic rings. The van der Waals surface area contributed by atoms with Crippen molar-refractivity contribution in [2.45, 2.75) is 38.1 Å². The molecule has 2 heterocycles. The number of halogens is 1. The lowest BCUT2D eigenvalue weighted by molar-refractivity contribution is 0.198. The minimum atomic E-state index is -0.273. The number of nitrogens with one attached hydrogen (secondary N) is 1. The van der Waals surface area contributed by atoms with Gasteiger partial charge in [-0.1, -0.05) is 19.3 Å². The molecule has 6 nitrogen and oxygen atoms in total. The number of anilines is 1. The van der Waals surface area contributed by atoms with Crippen LogP contribution in [-0.4, -0.2) is 50.9 Å². The van der Waals surface area contributed by atoms with Gasteiger partial charge in [0.1, 0.15) is 11.6 Å². The molecule has 2 aromatic heterocycles. The number of fused-ring (bicyclic) bond motifs is 1. The Morgan fingerprint density at radius 2 is 1.85 bits per heavy atom. The van der Waals surface area contributed by atoms with Crippen molar-refractivity contribution in [3.8, 4) is 11.4 Å². The molecule has 7 heteroatoms. The zero-order chi connectivity index (χ0) is 18.6. The van der Waals surface area contributed by atoms with Gasteiger partial charge in [0.25, 0.3) is 0 Å². The minimum absolute atomic E-state index is 0.273. The average Bonchev–Trinajstić information content (AvgIpc) is 3.12. The molecule has 0 bridgehead atoms. The van der Waals surface area contributed by atoms with E-state index >= 15 is 0 Å². The van der Waals surface area contributed by atoms with E-state index in [0.29, 0.717) is 17.5 Å². The maximum Gasteiger partial charge on any atom is 0.185 e. The molecule has 1 aliphatic rings. The second-order valence-corrected chi connectivity index (χ2v) is 7.22. The molecule has 0 saturated heterocycles. The molecule has 0 amide bonds. The van der Waals surface area contributed by atoms with Crippen LogP contribution < -0.4 is 5.32 Å². The largest absolute Gasteiger partial charge is 0.367 e. The fourth-order valence-electron chi connectivity index (χ4n) is 3.73. The maximum absolute atomic E-state index is 13.2. The Morgan fingerprint density at radius 3 is 2.63 bits per heavy atom. The van der Waals surface area contributed by atoms with Crippen LogP contribution in [0.4, 0.5) is 10.2 Å². The standard InChI is InChI=1S/C20H25FN6/c1-26(17-5-3-2-4-6-17)14-13-22-18-11-12-19-23-24-20(27(19)25-18)15-7-9-16(21)10-8-15/h7-12,17H,2-6,13-14H2,1H3,(H,22,25). The summed E-state index contributed by atoms with van der Waals surface area (Å²) < 4.78 is 14.9. The molecular weight excluding hydrogens is 343 g/mol. The fraction of sp³-hybridized carbons (Fsp3) is 0.450. The highest BCUT2D eigenvalue weighted by atomic mass is 19.1. The molecule has 1 N–H and O–H groups in total. The van der Waals surface area contributed by atoms with Gasteiger partial charge in [-0.05, 0) is 56.3 Å². The van der Waals surface area contributed by atoms with Crippen LogP contribution in [0.2, 0.25) is 0 Å². The number of rotatable bonds is 6. The van der Waals surface area contributed by atoms with E-state index in [4.69, 9.17) is 0 Å². The van der Waals surface area contributed by atoms with Gasteiger partial charge in [0, 0.05) is 24.7 Å². The molecule has 1 aliphatic carbocycles. The van der Waals surface area contributed by atoms with Gasteiger partial charge >= 0.3 is 0 Å². The summed E-state index contributed by atoms with van der Waals surface area (Å²) in [5, 5.41) is 16.4. The summed E-state index contributed by atoms with van der Waals surface area (Å²) in [6.07, 6.45) is 6.69. The minimum Gasteiger partial charge on any atom is -0.367 e. The highest BCUT2D eigenvalue weighted by Gasteiger charge is 2.17. The first-order chi connectivity index (χ1) is 13.2. The number of aromatic nitrogens is 4. The van der Waals surface area contributed by atoms with Crippen LogP contribution in [0.5, 0.6) is 0 Å². The Labute approximate surface area is 158 Å². The predicted octanol–water partition coefficient (Wildman–Crippen LogP) is 3.61. The summed E-state index contributed by atoms with van der Waals surface area (Å²) in [5.74, 6) is 1.11. The fourth-order valence-corrected chi connectivity index (χ4v) is 3.73. The van der Waals surface area contributed by atoms with Gasteiger partial charge in [-0.2, -0.15) is 4.52 Å². The molecule has 4 rings (SSSR count). The zero-order valence-electron chi connectivity index (χ0n) is 15.6. The van der Waals surface area contributed by atoms with E-state index in [9.17, 15) is 4.39 Å². The number of hydrogen-bond acceptors (Lipinski definition) is 5. The van der Waals surface area contributed by atoms with Crippen LogP contribution in [0.25, 0.3) is 17.0 Å². The van der Waals surface area contributed by atoms with E-state index in [1.165, 1.54) is 44.2 Å². The monoisotopic (exact) mass is 368 g/mol. The van der Waals surface area contributed by atoms with Crippen LogP contribution in [0.3, 0.4) is 0 Å². The van der Waals surface area contributed by atoms with Crippen molar-refractivity contribution in [3.05, 3.63) is 42.2 Å². The Morgan fingerprint density at radius 1 is 1.07 bits per heavy atom. The van der Waals surface area contributed by atoms with Crippen LogP contribution in [0, 0.1) is 5.82 Å². The van der Waals surface area contributed by atoms with E-state index in [2.05, 4.69) is 32.6 Å². The predicted molar refractivity (Wildman–Crippen MR) is 104 cm³/mol. The molecule has 1 aromatic carbocycles. The number of hydrogen-bond donors (Lipinski definition) is 1. The van der Waals surface area contributed by atoms with Gasteiger partial charge in [-0.3, -0.25) is 0 Å². The van der Waals surface area contributed by atoms with Crippen molar-refractivity contribution in [3.63, 3.8) is 0 Å². The van der Waals surface area contributed by atoms with Crippen molar-refractivity contribution in [1.29, 1.82) is 0 Å². The van der Waals surface area contributed by atoms with Crippen molar-refractivity contribution in [1.82, 2.24) is 24.7 Å². The normalized spacial score (nSPS) is 15.5. The van der Waals surface area contributed by atoms with Gasteiger partial charge < -0.3 is 10.2 Å². The van der Waals surface area contributed by atoms with E-state index in [-0.39, 0.29) is 5.82 Å². The van der Waals surface area contributed by atoms with Crippen molar-refractivity contribution < 1.29 is 4.39 Å². The smallest absolute Gasteiger partial charge is 0.185 e. The third-order valence-electron chi connectivity index (χ3n) is 5.33. The second-order valence-electron chi connectivity index (χ2n) is 7.22. The van der Waals surface area contributed by atoms with Gasteiger partial charge in [0.05, 0.1) is 0 Å². The van der Waals surface area contributed by atoms with Gasteiger partial charge in [-0.15, -0.1) is 15.3 Å². The second kappa shape index (κ2) is 8.00. The van der Waals surface area contributed by atoms with E-state index in [0.717, 1.165) is 24.5 Å². The third-order valence-corrected chi connectivity index (χ3v) is 5.33. The quantitative estimate of drug-likeness (QED) is 0.720. The van der Waals surface area contributed by atoms with Gasteiger partial charge in [0.15, 0.2) is 11.5 Å². The molecule has 0 unspecified atom stereocenters. The summed E-state index contributed by atoms with van der Waals surface area (Å²) in [4.78, 5) is 2.45. The zero-order valence-corrected chi connectivity index (χ0v) is 15.6. The lowest BCUT2D eigenvalue weighted by Gasteiger charge is -2.31. The Hall–Kier alpha value is -2.54. The van der Waals surface area contributed by atoms with Gasteiger partial charge in [-0.25, -0.2) is 4.39 Å². The Bertz CT molecular complexity index is 885.